The average Bonchev–Trinajstić information content (AvgIpc) is 3.45. The maximum Gasteiger partial charge on any atom is 0.420 e. The first kappa shape index (κ1) is 17.4. The van der Waals surface area contributed by atoms with Crippen molar-refractivity contribution in [2.45, 2.75) is 12.5 Å². The highest BCUT2D eigenvalue weighted by atomic mass is 19.1. The van der Waals surface area contributed by atoms with Crippen LogP contribution in [0.4, 0.5) is 4.39 Å². The number of benzene rings is 2. The van der Waals surface area contributed by atoms with E-state index in [9.17, 15) is 14.0 Å². The van der Waals surface area contributed by atoms with E-state index in [0.717, 1.165) is 11.1 Å². The molecule has 1 atom stereocenters. The van der Waals surface area contributed by atoms with Gasteiger partial charge in [0.25, 0.3) is 5.91 Å². The summed E-state index contributed by atoms with van der Waals surface area (Å²) in [4.78, 5) is 26.9. The Balaban J connectivity index is 1.36. The van der Waals surface area contributed by atoms with Crippen molar-refractivity contribution in [3.8, 4) is 11.3 Å². The van der Waals surface area contributed by atoms with Crippen LogP contribution in [0.15, 0.2) is 63.8 Å². The van der Waals surface area contributed by atoms with Gasteiger partial charge < -0.3 is 9.32 Å². The fourth-order valence-corrected chi connectivity index (χ4v) is 3.84. The summed E-state index contributed by atoms with van der Waals surface area (Å²) >= 11 is 0. The highest BCUT2D eigenvalue weighted by Crippen LogP contribution is 2.26. The number of likely N-dealkylation sites (tertiary alicyclic amines) is 1. The summed E-state index contributed by atoms with van der Waals surface area (Å²) < 4.78 is 20.0. The molecule has 0 spiro atoms. The quantitative estimate of drug-likeness (QED) is 0.580. The number of H-pyrrole nitrogens is 1. The minimum atomic E-state index is -0.411. The number of nitrogens with one attached hydrogen (secondary N) is 1. The van der Waals surface area contributed by atoms with Crippen LogP contribution in [0.2, 0.25) is 0 Å². The van der Waals surface area contributed by atoms with E-state index < -0.39 is 5.76 Å². The third-order valence-corrected chi connectivity index (χ3v) is 5.28. The number of oxazole rings is 1. The highest BCUT2D eigenvalue weighted by molar-refractivity contribution is 5.93. The number of aromatic nitrogens is 3. The van der Waals surface area contributed by atoms with Crippen LogP contribution >= 0.6 is 0 Å². The topological polar surface area (TPSA) is 84.1 Å². The van der Waals surface area contributed by atoms with Crippen LogP contribution in [0, 0.1) is 5.82 Å². The molecule has 7 nitrogen and oxygen atoms in total. The van der Waals surface area contributed by atoms with Crippen molar-refractivity contribution in [3.05, 3.63) is 76.7 Å². The van der Waals surface area contributed by atoms with Gasteiger partial charge in [-0.25, -0.2) is 9.18 Å². The molecule has 5 rings (SSSR count). The number of hydrogen-bond donors (Lipinski definition) is 1. The lowest BCUT2D eigenvalue weighted by molar-refractivity contribution is 0.0781. The molecule has 2 aromatic heterocycles. The largest absolute Gasteiger partial charge is 0.420 e. The SMILES string of the molecule is O=C(c1cc(-c2ccc(F)cc2)n[nH]1)N1CCC(n2c(=O)oc3ccccc32)C1. The van der Waals surface area contributed by atoms with Crippen LogP contribution in [0.3, 0.4) is 0 Å². The summed E-state index contributed by atoms with van der Waals surface area (Å²) in [5.74, 6) is -0.925. The summed E-state index contributed by atoms with van der Waals surface area (Å²) in [6, 6.07) is 14.7. The molecule has 29 heavy (non-hydrogen) atoms. The van der Waals surface area contributed by atoms with Gasteiger partial charge in [0.05, 0.1) is 17.3 Å². The second-order valence-electron chi connectivity index (χ2n) is 7.07. The molecule has 0 aliphatic carbocycles. The number of fused-ring (bicyclic) bond motifs is 1. The van der Waals surface area contributed by atoms with Crippen LogP contribution in [0.25, 0.3) is 22.4 Å². The van der Waals surface area contributed by atoms with E-state index in [2.05, 4.69) is 10.2 Å². The number of rotatable bonds is 3. The first-order valence-corrected chi connectivity index (χ1v) is 9.31. The molecule has 4 aromatic rings. The van der Waals surface area contributed by atoms with Gasteiger partial charge >= 0.3 is 5.76 Å². The number of nitrogens with zero attached hydrogens (tertiary/aromatic N) is 3. The molecule has 1 unspecified atom stereocenters. The molecule has 3 heterocycles. The predicted octanol–water partition coefficient (Wildman–Crippen LogP) is 3.21. The zero-order valence-electron chi connectivity index (χ0n) is 15.3. The average molecular weight is 392 g/mol. The van der Waals surface area contributed by atoms with Gasteiger partial charge in [0.2, 0.25) is 0 Å². The number of amides is 1. The molecule has 1 aliphatic rings. The molecule has 8 heteroatoms. The minimum absolute atomic E-state index is 0.144. The summed E-state index contributed by atoms with van der Waals surface area (Å²) in [5, 5.41) is 6.93. The number of carbonyl (C=O) groups excluding carboxylic acids is 1. The molecular weight excluding hydrogens is 375 g/mol. The molecular formula is C21H17FN4O3. The summed E-state index contributed by atoms with van der Waals surface area (Å²) in [6.07, 6.45) is 0.661. The van der Waals surface area contributed by atoms with E-state index in [1.807, 2.05) is 18.2 Å². The summed E-state index contributed by atoms with van der Waals surface area (Å²) in [7, 11) is 0. The minimum Gasteiger partial charge on any atom is -0.408 e. The van der Waals surface area contributed by atoms with E-state index >= 15 is 0 Å². The number of aromatic amines is 1. The second-order valence-corrected chi connectivity index (χ2v) is 7.07. The van der Waals surface area contributed by atoms with Gasteiger partial charge in [0.1, 0.15) is 11.5 Å². The van der Waals surface area contributed by atoms with Gasteiger partial charge in [0.15, 0.2) is 5.58 Å². The van der Waals surface area contributed by atoms with E-state index in [0.29, 0.717) is 36.5 Å². The number of carbonyl (C=O) groups is 1. The fraction of sp³-hybridized carbons (Fsp3) is 0.190. The molecule has 0 radical (unpaired) electrons. The Labute approximate surface area is 164 Å². The number of para-hydroxylation sites is 2. The zero-order chi connectivity index (χ0) is 20.0. The monoisotopic (exact) mass is 392 g/mol. The molecule has 146 valence electrons. The Morgan fingerprint density at radius 2 is 1.97 bits per heavy atom. The molecule has 1 fully saturated rings. The molecule has 1 saturated heterocycles. The Hall–Kier alpha value is -3.68. The van der Waals surface area contributed by atoms with Crippen molar-refractivity contribution in [1.82, 2.24) is 19.7 Å². The number of hydrogen-bond acceptors (Lipinski definition) is 4. The van der Waals surface area contributed by atoms with E-state index in [-0.39, 0.29) is 17.8 Å². The lowest BCUT2D eigenvalue weighted by Gasteiger charge is -2.15. The maximum atomic E-state index is 13.1. The van der Waals surface area contributed by atoms with Crippen molar-refractivity contribution in [3.63, 3.8) is 0 Å². The normalized spacial score (nSPS) is 16.6. The Kier molecular flexibility index (Phi) is 4.04. The van der Waals surface area contributed by atoms with Crippen molar-refractivity contribution in [1.29, 1.82) is 0 Å². The van der Waals surface area contributed by atoms with Crippen LogP contribution < -0.4 is 5.76 Å². The Morgan fingerprint density at radius 1 is 1.17 bits per heavy atom. The molecule has 1 amide bonds. The highest BCUT2D eigenvalue weighted by Gasteiger charge is 2.31. The van der Waals surface area contributed by atoms with Crippen molar-refractivity contribution in [2.75, 3.05) is 13.1 Å². The number of halogens is 1. The predicted molar refractivity (Wildman–Crippen MR) is 104 cm³/mol. The van der Waals surface area contributed by atoms with Crippen molar-refractivity contribution < 1.29 is 13.6 Å². The van der Waals surface area contributed by atoms with Gasteiger partial charge in [-0.15, -0.1) is 0 Å². The first-order chi connectivity index (χ1) is 14.1. The summed E-state index contributed by atoms with van der Waals surface area (Å²) in [6.45, 7) is 0.938. The third-order valence-electron chi connectivity index (χ3n) is 5.28. The summed E-state index contributed by atoms with van der Waals surface area (Å²) in [5.41, 5.74) is 2.92. The van der Waals surface area contributed by atoms with Crippen LogP contribution in [0.5, 0.6) is 0 Å². The zero-order valence-corrected chi connectivity index (χ0v) is 15.3. The Bertz CT molecular complexity index is 1250. The second kappa shape index (κ2) is 6.73. The van der Waals surface area contributed by atoms with E-state index in [1.54, 1.807) is 33.7 Å². The first-order valence-electron chi connectivity index (χ1n) is 9.31. The van der Waals surface area contributed by atoms with Gasteiger partial charge in [-0.2, -0.15) is 5.10 Å². The maximum absolute atomic E-state index is 13.1. The van der Waals surface area contributed by atoms with Crippen LogP contribution in [-0.2, 0) is 0 Å². The third kappa shape index (κ3) is 3.02. The Morgan fingerprint density at radius 3 is 2.79 bits per heavy atom. The molecule has 0 bridgehead atoms. The van der Waals surface area contributed by atoms with Gasteiger partial charge in [-0.05, 0) is 48.9 Å². The standard InChI is InChI=1S/C21H17FN4O3/c22-14-7-5-13(6-8-14)16-11-17(24-23-16)20(27)25-10-9-15(12-25)26-18-3-1-2-4-19(18)29-21(26)28/h1-8,11,15H,9-10,12H2,(H,23,24). The van der Waals surface area contributed by atoms with Crippen LogP contribution in [0.1, 0.15) is 23.0 Å². The van der Waals surface area contributed by atoms with Crippen LogP contribution in [-0.4, -0.2) is 38.7 Å². The van der Waals surface area contributed by atoms with Gasteiger partial charge in [-0.3, -0.25) is 14.5 Å². The molecule has 0 saturated carbocycles. The van der Waals surface area contributed by atoms with Gasteiger partial charge in [-0.1, -0.05) is 12.1 Å². The molecule has 1 aliphatic heterocycles. The lowest BCUT2D eigenvalue weighted by atomic mass is 10.1. The molecule has 2 aromatic carbocycles. The van der Waals surface area contributed by atoms with E-state index in [4.69, 9.17) is 4.42 Å². The smallest absolute Gasteiger partial charge is 0.408 e. The van der Waals surface area contributed by atoms with Crippen molar-refractivity contribution in [2.24, 2.45) is 0 Å². The van der Waals surface area contributed by atoms with E-state index in [1.165, 1.54) is 12.1 Å². The molecule has 1 N–H and O–H groups in total. The van der Waals surface area contributed by atoms with Crippen molar-refractivity contribution >= 4 is 17.0 Å². The fourth-order valence-electron chi connectivity index (χ4n) is 3.84. The lowest BCUT2D eigenvalue weighted by Crippen LogP contribution is -2.30. The van der Waals surface area contributed by atoms with Gasteiger partial charge in [0, 0.05) is 18.7 Å².